The highest BCUT2D eigenvalue weighted by molar-refractivity contribution is 7.80. The summed E-state index contributed by atoms with van der Waals surface area (Å²) in [4.78, 5) is 17.6. The number of nitrogens with zero attached hydrogens (tertiary/aromatic N) is 1. The summed E-state index contributed by atoms with van der Waals surface area (Å²) >= 11 is 5.37. The first-order chi connectivity index (χ1) is 18.7. The van der Waals surface area contributed by atoms with Gasteiger partial charge in [-0.15, -0.1) is 0 Å². The minimum absolute atomic E-state index is 0.164. The number of hydrogen-bond acceptors (Lipinski definition) is 3. The molecule has 194 valence electrons. The molecule has 1 heterocycles. The molecule has 0 radical (unpaired) electrons. The van der Waals surface area contributed by atoms with Crippen molar-refractivity contribution in [2.75, 3.05) is 10.6 Å². The van der Waals surface area contributed by atoms with Crippen LogP contribution in [-0.4, -0.2) is 15.9 Å². The van der Waals surface area contributed by atoms with Gasteiger partial charge in [0.25, 0.3) is 0 Å². The topological polar surface area (TPSA) is 54.0 Å². The van der Waals surface area contributed by atoms with Gasteiger partial charge in [-0.2, -0.15) is 13.2 Å². The molecule has 0 aliphatic heterocycles. The van der Waals surface area contributed by atoms with Gasteiger partial charge in [0.05, 0.1) is 11.1 Å². The highest BCUT2D eigenvalue weighted by Crippen LogP contribution is 2.39. The SMILES string of the molecule is O=C(c1ccccc1)c1cnc2c(C(F)(F)F)cccc2c1-c1cccc(NC(=S)Nc2ccc(F)cc2)c1. The molecule has 0 spiro atoms. The second kappa shape index (κ2) is 10.6. The Morgan fingerprint density at radius 2 is 1.49 bits per heavy atom. The first kappa shape index (κ1) is 26.0. The monoisotopic (exact) mass is 545 g/mol. The number of fused-ring (bicyclic) bond motifs is 1. The lowest BCUT2D eigenvalue weighted by molar-refractivity contribution is -0.136. The van der Waals surface area contributed by atoms with Crippen molar-refractivity contribution in [3.8, 4) is 11.1 Å². The van der Waals surface area contributed by atoms with Crippen molar-refractivity contribution in [3.63, 3.8) is 0 Å². The molecule has 0 fully saturated rings. The lowest BCUT2D eigenvalue weighted by Crippen LogP contribution is -2.19. The molecular weight excluding hydrogens is 526 g/mol. The molecule has 0 bridgehead atoms. The number of anilines is 2. The molecule has 39 heavy (non-hydrogen) atoms. The molecule has 5 rings (SSSR count). The van der Waals surface area contributed by atoms with Gasteiger partial charge in [-0.3, -0.25) is 9.78 Å². The normalized spacial score (nSPS) is 11.3. The van der Waals surface area contributed by atoms with Crippen molar-refractivity contribution >= 4 is 45.4 Å². The quantitative estimate of drug-likeness (QED) is 0.133. The van der Waals surface area contributed by atoms with E-state index < -0.39 is 11.7 Å². The van der Waals surface area contributed by atoms with E-state index >= 15 is 0 Å². The van der Waals surface area contributed by atoms with Gasteiger partial charge in [0.2, 0.25) is 0 Å². The van der Waals surface area contributed by atoms with Crippen molar-refractivity contribution in [2.24, 2.45) is 0 Å². The van der Waals surface area contributed by atoms with E-state index in [-0.39, 0.29) is 33.2 Å². The van der Waals surface area contributed by atoms with Crippen molar-refractivity contribution in [3.05, 3.63) is 126 Å². The number of halogens is 4. The maximum atomic E-state index is 13.8. The average Bonchev–Trinajstić information content (AvgIpc) is 2.93. The standard InChI is InChI=1S/C30H19F4N3OS/c31-20-12-14-21(15-13-20)36-29(39)37-22-9-4-8-19(16-22)26-23-10-5-11-25(30(32,33)34)27(23)35-17-24(26)28(38)18-6-2-1-3-7-18/h1-17H,(H2,36,37,39). The maximum absolute atomic E-state index is 13.8. The van der Waals surface area contributed by atoms with Crippen molar-refractivity contribution < 1.29 is 22.4 Å². The first-order valence-electron chi connectivity index (χ1n) is 11.7. The Hall–Kier alpha value is -4.63. The third-order valence-corrected chi connectivity index (χ3v) is 6.20. The van der Waals surface area contributed by atoms with Crippen LogP contribution in [0.5, 0.6) is 0 Å². The number of hydrogen-bond donors (Lipinski definition) is 2. The van der Waals surface area contributed by atoms with E-state index in [2.05, 4.69) is 15.6 Å². The summed E-state index contributed by atoms with van der Waals surface area (Å²) in [5, 5.41) is 6.38. The van der Waals surface area contributed by atoms with Gasteiger partial charge in [-0.25, -0.2) is 4.39 Å². The molecule has 0 amide bonds. The fourth-order valence-electron chi connectivity index (χ4n) is 4.26. The van der Waals surface area contributed by atoms with Gasteiger partial charge in [0.15, 0.2) is 10.9 Å². The fourth-order valence-corrected chi connectivity index (χ4v) is 4.49. The summed E-state index contributed by atoms with van der Waals surface area (Å²) in [7, 11) is 0. The molecule has 0 saturated carbocycles. The van der Waals surface area contributed by atoms with Crippen molar-refractivity contribution in [2.45, 2.75) is 6.18 Å². The number of carbonyl (C=O) groups is 1. The van der Waals surface area contributed by atoms with Gasteiger partial charge in [0.1, 0.15) is 5.82 Å². The predicted octanol–water partition coefficient (Wildman–Crippen LogP) is 8.10. The van der Waals surface area contributed by atoms with E-state index in [4.69, 9.17) is 12.2 Å². The Morgan fingerprint density at radius 3 is 2.21 bits per heavy atom. The zero-order valence-electron chi connectivity index (χ0n) is 20.1. The van der Waals surface area contributed by atoms with E-state index in [0.717, 1.165) is 6.07 Å². The predicted molar refractivity (Wildman–Crippen MR) is 148 cm³/mol. The Kier molecular flexibility index (Phi) is 7.08. The molecule has 5 aromatic rings. The number of carbonyl (C=O) groups excluding carboxylic acids is 1. The van der Waals surface area contributed by atoms with Gasteiger partial charge in [-0.05, 0) is 60.2 Å². The number of alkyl halides is 3. The van der Waals surface area contributed by atoms with Crippen LogP contribution >= 0.6 is 12.2 Å². The van der Waals surface area contributed by atoms with Crippen LogP contribution in [0.4, 0.5) is 28.9 Å². The molecule has 0 aliphatic carbocycles. The van der Waals surface area contributed by atoms with Crippen LogP contribution in [0.25, 0.3) is 22.0 Å². The maximum Gasteiger partial charge on any atom is 0.418 e. The van der Waals surface area contributed by atoms with Gasteiger partial charge < -0.3 is 10.6 Å². The third kappa shape index (κ3) is 5.63. The van der Waals surface area contributed by atoms with Crippen LogP contribution in [0, 0.1) is 5.82 Å². The van der Waals surface area contributed by atoms with Gasteiger partial charge in [-0.1, -0.05) is 54.6 Å². The number of rotatable bonds is 5. The highest BCUT2D eigenvalue weighted by Gasteiger charge is 2.34. The van der Waals surface area contributed by atoms with Crippen molar-refractivity contribution in [1.82, 2.24) is 4.98 Å². The van der Waals surface area contributed by atoms with E-state index in [1.807, 2.05) is 0 Å². The number of benzene rings is 4. The molecular formula is C30H19F4N3OS. The number of para-hydroxylation sites is 1. The minimum Gasteiger partial charge on any atom is -0.332 e. The minimum atomic E-state index is -4.63. The van der Waals surface area contributed by atoms with Crippen LogP contribution in [0.2, 0.25) is 0 Å². The van der Waals surface area contributed by atoms with Crippen LogP contribution in [0.1, 0.15) is 21.5 Å². The molecule has 1 aromatic heterocycles. The zero-order chi connectivity index (χ0) is 27.6. The summed E-state index contributed by atoms with van der Waals surface area (Å²) in [6, 6.07) is 24.7. The Morgan fingerprint density at radius 1 is 0.795 bits per heavy atom. The number of pyridine rings is 1. The second-order valence-corrected chi connectivity index (χ2v) is 9.02. The average molecular weight is 546 g/mol. The summed E-state index contributed by atoms with van der Waals surface area (Å²) in [5.41, 5.74) is 1.32. The number of ketones is 1. The molecule has 4 nitrogen and oxygen atoms in total. The molecule has 4 aromatic carbocycles. The zero-order valence-corrected chi connectivity index (χ0v) is 20.9. The lowest BCUT2D eigenvalue weighted by atomic mass is 9.91. The number of thiocarbonyl (C=S) groups is 1. The summed E-state index contributed by atoms with van der Waals surface area (Å²) < 4.78 is 54.7. The Balaban J connectivity index is 1.60. The Bertz CT molecular complexity index is 1690. The molecule has 2 N–H and O–H groups in total. The molecule has 0 aliphatic rings. The van der Waals surface area contributed by atoms with Gasteiger partial charge in [0, 0.05) is 39.6 Å². The molecule has 9 heteroatoms. The van der Waals surface area contributed by atoms with Crippen molar-refractivity contribution in [1.29, 1.82) is 0 Å². The molecule has 0 atom stereocenters. The Labute approximate surface area is 226 Å². The van der Waals surface area contributed by atoms with E-state index in [1.54, 1.807) is 54.6 Å². The van der Waals surface area contributed by atoms with Crippen LogP contribution < -0.4 is 10.6 Å². The highest BCUT2D eigenvalue weighted by atomic mass is 32.1. The van der Waals surface area contributed by atoms with Crippen LogP contribution in [0.15, 0.2) is 103 Å². The lowest BCUT2D eigenvalue weighted by Gasteiger charge is -2.17. The second-order valence-electron chi connectivity index (χ2n) is 8.61. The largest absolute Gasteiger partial charge is 0.418 e. The van der Waals surface area contributed by atoms with Crippen LogP contribution in [0.3, 0.4) is 0 Å². The summed E-state index contributed by atoms with van der Waals surface area (Å²) in [6.45, 7) is 0. The van der Waals surface area contributed by atoms with E-state index in [1.165, 1.54) is 42.6 Å². The van der Waals surface area contributed by atoms with E-state index in [0.29, 0.717) is 28.1 Å². The van der Waals surface area contributed by atoms with Crippen LogP contribution in [-0.2, 0) is 6.18 Å². The smallest absolute Gasteiger partial charge is 0.332 e. The van der Waals surface area contributed by atoms with Gasteiger partial charge >= 0.3 is 6.18 Å². The first-order valence-corrected chi connectivity index (χ1v) is 12.1. The summed E-state index contributed by atoms with van der Waals surface area (Å²) in [6.07, 6.45) is -3.43. The summed E-state index contributed by atoms with van der Waals surface area (Å²) in [5.74, 6) is -0.754. The molecule has 0 unspecified atom stereocenters. The van der Waals surface area contributed by atoms with E-state index in [9.17, 15) is 22.4 Å². The molecule has 0 saturated heterocycles. The number of aromatic nitrogens is 1. The third-order valence-electron chi connectivity index (χ3n) is 5.99. The number of nitrogens with one attached hydrogen (secondary N) is 2. The fraction of sp³-hybridized carbons (Fsp3) is 0.0333.